The van der Waals surface area contributed by atoms with Gasteiger partial charge < -0.3 is 9.80 Å². The fourth-order valence-electron chi connectivity index (χ4n) is 3.99. The van der Waals surface area contributed by atoms with Crippen LogP contribution in [0.1, 0.15) is 40.0 Å². The molecule has 4 fully saturated rings. The van der Waals surface area contributed by atoms with Crippen molar-refractivity contribution in [2.75, 3.05) is 39.8 Å². The van der Waals surface area contributed by atoms with E-state index in [1.165, 1.54) is 52.0 Å². The third-order valence-corrected chi connectivity index (χ3v) is 5.43. The maximum atomic E-state index is 2.77. The average molecular weight is 252 g/mol. The lowest BCUT2D eigenvalue weighted by Crippen LogP contribution is -2.55. The molecule has 18 heavy (non-hydrogen) atoms. The van der Waals surface area contributed by atoms with Crippen molar-refractivity contribution in [3.05, 3.63) is 0 Å². The van der Waals surface area contributed by atoms with E-state index >= 15 is 0 Å². The molecule has 0 amide bonds. The van der Waals surface area contributed by atoms with Gasteiger partial charge in [-0.15, -0.1) is 0 Å². The van der Waals surface area contributed by atoms with Gasteiger partial charge in [0.2, 0.25) is 0 Å². The minimum absolute atomic E-state index is 0.990. The Morgan fingerprint density at radius 3 is 2.06 bits per heavy atom. The first-order valence-corrected chi connectivity index (χ1v) is 8.13. The van der Waals surface area contributed by atoms with E-state index in [1.807, 2.05) is 13.8 Å². The number of likely N-dealkylation sites (tertiary alicyclic amines) is 1. The highest BCUT2D eigenvalue weighted by molar-refractivity contribution is 4.95. The number of hydrogen-bond acceptors (Lipinski definition) is 2. The Hall–Kier alpha value is -0.0800. The monoisotopic (exact) mass is 252 g/mol. The SMILES string of the molecule is CC.CC1C2CC1CN(CC1CCN(C)CC1)C2. The Labute approximate surface area is 114 Å². The molecule has 1 aliphatic carbocycles. The molecule has 3 aliphatic heterocycles. The summed E-state index contributed by atoms with van der Waals surface area (Å²) < 4.78 is 0. The van der Waals surface area contributed by atoms with Crippen LogP contribution in [-0.4, -0.2) is 49.6 Å². The van der Waals surface area contributed by atoms with E-state index in [9.17, 15) is 0 Å². The van der Waals surface area contributed by atoms with E-state index in [0.717, 1.165) is 23.7 Å². The van der Waals surface area contributed by atoms with Crippen LogP contribution >= 0.6 is 0 Å². The molecule has 2 atom stereocenters. The summed E-state index contributed by atoms with van der Waals surface area (Å²) in [5, 5.41) is 0. The number of piperidine rings is 3. The number of rotatable bonds is 2. The Bertz CT molecular complexity index is 233. The van der Waals surface area contributed by atoms with Crippen LogP contribution in [0.15, 0.2) is 0 Å². The fourth-order valence-corrected chi connectivity index (χ4v) is 3.99. The van der Waals surface area contributed by atoms with Crippen molar-refractivity contribution in [2.24, 2.45) is 23.7 Å². The molecule has 0 radical (unpaired) electrons. The summed E-state index contributed by atoms with van der Waals surface area (Å²) in [4.78, 5) is 5.25. The normalized spacial score (nSPS) is 37.7. The Kier molecular flexibility index (Phi) is 5.08. The van der Waals surface area contributed by atoms with Crippen LogP contribution in [0.2, 0.25) is 0 Å². The zero-order valence-electron chi connectivity index (χ0n) is 12.9. The standard InChI is InChI=1S/C14H26N2.C2H6/c1-11-13-7-14(11)10-16(9-13)8-12-3-5-15(2)6-4-12;1-2/h11-14H,3-10H2,1-2H3;1-2H3. The van der Waals surface area contributed by atoms with E-state index in [1.54, 1.807) is 0 Å². The lowest BCUT2D eigenvalue weighted by atomic mass is 9.62. The van der Waals surface area contributed by atoms with Gasteiger partial charge in [-0.05, 0) is 63.1 Å². The lowest BCUT2D eigenvalue weighted by Gasteiger charge is -2.53. The molecular formula is C16H32N2. The summed E-state index contributed by atoms with van der Waals surface area (Å²) in [6, 6.07) is 0. The lowest BCUT2D eigenvalue weighted by molar-refractivity contribution is -0.0414. The van der Waals surface area contributed by atoms with Gasteiger partial charge in [0.25, 0.3) is 0 Å². The van der Waals surface area contributed by atoms with Crippen molar-refractivity contribution in [1.29, 1.82) is 0 Å². The van der Waals surface area contributed by atoms with Crippen molar-refractivity contribution in [3.8, 4) is 0 Å². The molecular weight excluding hydrogens is 220 g/mol. The van der Waals surface area contributed by atoms with Crippen LogP contribution in [-0.2, 0) is 0 Å². The highest BCUT2D eigenvalue weighted by Crippen LogP contribution is 2.45. The van der Waals surface area contributed by atoms with Crippen LogP contribution in [0.25, 0.3) is 0 Å². The summed E-state index contributed by atoms with van der Waals surface area (Å²) in [7, 11) is 2.26. The molecule has 0 aromatic heterocycles. The van der Waals surface area contributed by atoms with Crippen LogP contribution in [0.3, 0.4) is 0 Å². The Morgan fingerprint density at radius 2 is 1.56 bits per heavy atom. The van der Waals surface area contributed by atoms with E-state index in [0.29, 0.717) is 0 Å². The summed E-state index contributed by atoms with van der Waals surface area (Å²) in [6.45, 7) is 13.3. The van der Waals surface area contributed by atoms with E-state index < -0.39 is 0 Å². The zero-order chi connectivity index (χ0) is 13.1. The van der Waals surface area contributed by atoms with Gasteiger partial charge >= 0.3 is 0 Å². The second-order valence-electron chi connectivity index (χ2n) is 6.58. The predicted molar refractivity (Wildman–Crippen MR) is 78.8 cm³/mol. The van der Waals surface area contributed by atoms with Crippen molar-refractivity contribution >= 4 is 0 Å². The van der Waals surface area contributed by atoms with E-state index in [4.69, 9.17) is 0 Å². The van der Waals surface area contributed by atoms with Gasteiger partial charge in [0.05, 0.1) is 0 Å². The molecule has 0 spiro atoms. The highest BCUT2D eigenvalue weighted by Gasteiger charge is 2.43. The van der Waals surface area contributed by atoms with Crippen molar-refractivity contribution in [3.63, 3.8) is 0 Å². The van der Waals surface area contributed by atoms with Gasteiger partial charge in [-0.2, -0.15) is 0 Å². The fraction of sp³-hybridized carbons (Fsp3) is 1.00. The van der Waals surface area contributed by atoms with Crippen molar-refractivity contribution in [1.82, 2.24) is 9.80 Å². The molecule has 0 aromatic carbocycles. The molecule has 2 unspecified atom stereocenters. The molecule has 4 rings (SSSR count). The van der Waals surface area contributed by atoms with E-state index in [2.05, 4.69) is 23.8 Å². The molecule has 1 saturated carbocycles. The third-order valence-electron chi connectivity index (χ3n) is 5.43. The quantitative estimate of drug-likeness (QED) is 0.745. The first-order valence-electron chi connectivity index (χ1n) is 8.13. The molecule has 0 aromatic rings. The topological polar surface area (TPSA) is 6.48 Å². The van der Waals surface area contributed by atoms with Crippen LogP contribution < -0.4 is 0 Å². The molecule has 106 valence electrons. The molecule has 3 heterocycles. The molecule has 2 bridgehead atoms. The van der Waals surface area contributed by atoms with Gasteiger partial charge in [-0.3, -0.25) is 0 Å². The average Bonchev–Trinajstić information content (AvgIpc) is 2.43. The smallest absolute Gasteiger partial charge is 0.00127 e. The third kappa shape index (κ3) is 3.08. The van der Waals surface area contributed by atoms with E-state index in [-0.39, 0.29) is 0 Å². The van der Waals surface area contributed by atoms with Gasteiger partial charge in [0.1, 0.15) is 0 Å². The Balaban J connectivity index is 0.000000574. The van der Waals surface area contributed by atoms with Crippen LogP contribution in [0.4, 0.5) is 0 Å². The van der Waals surface area contributed by atoms with Gasteiger partial charge in [-0.1, -0.05) is 20.8 Å². The maximum Gasteiger partial charge on any atom is 0.00127 e. The van der Waals surface area contributed by atoms with Gasteiger partial charge in [-0.25, -0.2) is 0 Å². The zero-order valence-corrected chi connectivity index (χ0v) is 12.9. The summed E-state index contributed by atoms with van der Waals surface area (Å²) >= 11 is 0. The molecule has 4 aliphatic rings. The maximum absolute atomic E-state index is 2.77. The second-order valence-corrected chi connectivity index (χ2v) is 6.58. The highest BCUT2D eigenvalue weighted by atomic mass is 15.2. The summed E-state index contributed by atoms with van der Waals surface area (Å²) in [5.41, 5.74) is 0. The first kappa shape index (κ1) is 14.3. The minimum Gasteiger partial charge on any atom is -0.306 e. The van der Waals surface area contributed by atoms with Crippen molar-refractivity contribution < 1.29 is 0 Å². The second kappa shape index (κ2) is 6.38. The molecule has 2 nitrogen and oxygen atoms in total. The molecule has 0 N–H and O–H groups in total. The summed E-state index contributed by atoms with van der Waals surface area (Å²) in [6.07, 6.45) is 4.39. The van der Waals surface area contributed by atoms with Crippen LogP contribution in [0.5, 0.6) is 0 Å². The van der Waals surface area contributed by atoms with Crippen molar-refractivity contribution in [2.45, 2.75) is 40.0 Å². The van der Waals surface area contributed by atoms with Gasteiger partial charge in [0.15, 0.2) is 0 Å². The summed E-state index contributed by atoms with van der Waals surface area (Å²) in [5.74, 6) is 4.12. The Morgan fingerprint density at radius 1 is 1.00 bits per heavy atom. The first-order chi connectivity index (χ1) is 8.72. The largest absolute Gasteiger partial charge is 0.306 e. The number of nitrogens with zero attached hydrogens (tertiary/aromatic N) is 2. The number of hydrogen-bond donors (Lipinski definition) is 0. The minimum atomic E-state index is 0.990. The molecule has 2 heteroatoms. The predicted octanol–water partition coefficient (Wildman–Crippen LogP) is 2.94. The number of fused-ring (bicyclic) bond motifs is 2. The van der Waals surface area contributed by atoms with Gasteiger partial charge in [0, 0.05) is 19.6 Å². The van der Waals surface area contributed by atoms with Crippen LogP contribution in [0, 0.1) is 23.7 Å². The molecule has 3 saturated heterocycles.